The van der Waals surface area contributed by atoms with E-state index in [2.05, 4.69) is 10.0 Å². The molecule has 0 bridgehead atoms. The predicted octanol–water partition coefficient (Wildman–Crippen LogP) is 3.44. The molecule has 0 aliphatic carbocycles. The Kier molecular flexibility index (Phi) is 3.22. The zero-order valence-electron chi connectivity index (χ0n) is 9.28. The van der Waals surface area contributed by atoms with Gasteiger partial charge in [-0.05, 0) is 12.1 Å². The minimum absolute atomic E-state index is 0.00475. The molecule has 0 atom stereocenters. The van der Waals surface area contributed by atoms with E-state index in [0.717, 1.165) is 0 Å². The molecule has 0 unspecified atom stereocenters. The summed E-state index contributed by atoms with van der Waals surface area (Å²) in [5, 5.41) is 14.6. The van der Waals surface area contributed by atoms with E-state index in [1.54, 1.807) is 42.5 Å². The van der Waals surface area contributed by atoms with Crippen LogP contribution in [-0.4, -0.2) is 4.92 Å². The maximum absolute atomic E-state index is 11.0. The lowest BCUT2D eigenvalue weighted by Crippen LogP contribution is -1.91. The van der Waals surface area contributed by atoms with Crippen molar-refractivity contribution in [2.24, 2.45) is 5.11 Å². The molecule has 88 valence electrons. The molecule has 0 aromatic heterocycles. The van der Waals surface area contributed by atoms with Gasteiger partial charge in [0.05, 0.1) is 10.5 Å². The SMILES string of the molecule is N=[N+]=Nc1ccccc1-c1ccccc1[N+](=O)[O-]. The molecule has 0 saturated carbocycles. The Bertz CT molecular complexity index is 605. The number of hydrogen-bond donors (Lipinski definition) is 1. The molecular formula is C12H9N4O2+. The largest absolute Gasteiger partial charge is 0.277 e. The first-order valence-electron chi connectivity index (χ1n) is 5.14. The second-order valence-corrected chi connectivity index (χ2v) is 3.49. The maximum atomic E-state index is 11.0. The average Bonchev–Trinajstić information content (AvgIpc) is 2.40. The van der Waals surface area contributed by atoms with E-state index < -0.39 is 4.92 Å². The monoisotopic (exact) mass is 241 g/mol. The summed E-state index contributed by atoms with van der Waals surface area (Å²) in [5.41, 5.74) is 8.25. The highest BCUT2D eigenvalue weighted by Crippen LogP contribution is 2.35. The van der Waals surface area contributed by atoms with Gasteiger partial charge in [-0.15, -0.1) is 0 Å². The van der Waals surface area contributed by atoms with Crippen LogP contribution in [0.1, 0.15) is 0 Å². The van der Waals surface area contributed by atoms with Crippen LogP contribution in [0.25, 0.3) is 11.1 Å². The van der Waals surface area contributed by atoms with E-state index in [-0.39, 0.29) is 5.69 Å². The van der Waals surface area contributed by atoms with Gasteiger partial charge >= 0.3 is 0 Å². The fraction of sp³-hybridized carbons (Fsp3) is 0. The van der Waals surface area contributed by atoms with Gasteiger partial charge in [0.25, 0.3) is 5.69 Å². The Morgan fingerprint density at radius 1 is 1.06 bits per heavy atom. The van der Waals surface area contributed by atoms with Gasteiger partial charge in [0, 0.05) is 11.6 Å². The van der Waals surface area contributed by atoms with Gasteiger partial charge in [0.1, 0.15) is 5.53 Å². The standard InChI is InChI=1S/C12H9N4O2/c13-15-14-11-7-3-1-5-9(11)10-6-2-4-8-12(10)16(17)18/h1-8,13H/q+1. The summed E-state index contributed by atoms with van der Waals surface area (Å²) in [5.74, 6) is 0. The van der Waals surface area contributed by atoms with E-state index in [9.17, 15) is 10.1 Å². The lowest BCUT2D eigenvalue weighted by atomic mass is 10.0. The first-order valence-corrected chi connectivity index (χ1v) is 5.14. The topological polar surface area (TPSA) is 93.5 Å². The predicted molar refractivity (Wildman–Crippen MR) is 65.5 cm³/mol. The minimum Gasteiger partial charge on any atom is -0.258 e. The Hall–Kier alpha value is -2.85. The minimum atomic E-state index is -0.441. The third-order valence-corrected chi connectivity index (χ3v) is 2.45. The molecule has 6 nitrogen and oxygen atoms in total. The Balaban J connectivity index is 2.69. The van der Waals surface area contributed by atoms with Crippen LogP contribution >= 0.6 is 0 Å². The molecule has 0 fully saturated rings. The third-order valence-electron chi connectivity index (χ3n) is 2.45. The van der Waals surface area contributed by atoms with Gasteiger partial charge in [-0.25, -0.2) is 0 Å². The van der Waals surface area contributed by atoms with E-state index in [1.807, 2.05) is 0 Å². The first kappa shape index (κ1) is 11.6. The summed E-state index contributed by atoms with van der Waals surface area (Å²) in [7, 11) is 0. The van der Waals surface area contributed by atoms with Crippen molar-refractivity contribution in [3.8, 4) is 11.1 Å². The van der Waals surface area contributed by atoms with Crippen LogP contribution in [-0.2, 0) is 0 Å². The van der Waals surface area contributed by atoms with Crippen LogP contribution in [0.3, 0.4) is 0 Å². The molecule has 0 spiro atoms. The Morgan fingerprint density at radius 2 is 1.67 bits per heavy atom. The summed E-state index contributed by atoms with van der Waals surface area (Å²) in [6.07, 6.45) is 0. The first-order chi connectivity index (χ1) is 8.74. The lowest BCUT2D eigenvalue weighted by Gasteiger charge is -2.03. The zero-order valence-corrected chi connectivity index (χ0v) is 9.28. The fourth-order valence-corrected chi connectivity index (χ4v) is 1.70. The van der Waals surface area contributed by atoms with Gasteiger partial charge in [-0.1, -0.05) is 30.3 Å². The smallest absolute Gasteiger partial charge is 0.258 e. The van der Waals surface area contributed by atoms with Crippen molar-refractivity contribution in [3.63, 3.8) is 0 Å². The van der Waals surface area contributed by atoms with Gasteiger partial charge in [-0.2, -0.15) is 0 Å². The van der Waals surface area contributed by atoms with E-state index in [4.69, 9.17) is 5.53 Å². The van der Waals surface area contributed by atoms with Gasteiger partial charge in [0.15, 0.2) is 10.8 Å². The van der Waals surface area contributed by atoms with Gasteiger partial charge in [-0.3, -0.25) is 10.1 Å². The van der Waals surface area contributed by atoms with Crippen molar-refractivity contribution in [2.45, 2.75) is 0 Å². The number of nitrogens with one attached hydrogen (secondary N) is 1. The quantitative estimate of drug-likeness (QED) is 0.385. The number of benzene rings is 2. The van der Waals surface area contributed by atoms with E-state index >= 15 is 0 Å². The number of nitro benzene ring substituents is 1. The van der Waals surface area contributed by atoms with E-state index in [1.165, 1.54) is 6.07 Å². The van der Waals surface area contributed by atoms with Crippen molar-refractivity contribution in [1.29, 1.82) is 5.53 Å². The maximum Gasteiger partial charge on any atom is 0.277 e. The van der Waals surface area contributed by atoms with Gasteiger partial charge < -0.3 is 0 Å². The van der Waals surface area contributed by atoms with Gasteiger partial charge in [0.2, 0.25) is 4.91 Å². The Morgan fingerprint density at radius 3 is 2.33 bits per heavy atom. The second kappa shape index (κ2) is 4.99. The lowest BCUT2D eigenvalue weighted by molar-refractivity contribution is -0.384. The number of rotatable bonds is 3. The van der Waals surface area contributed by atoms with Crippen LogP contribution < -0.4 is 4.91 Å². The van der Waals surface area contributed by atoms with Crippen LogP contribution in [0.15, 0.2) is 53.6 Å². The summed E-state index contributed by atoms with van der Waals surface area (Å²) < 4.78 is 0. The highest BCUT2D eigenvalue weighted by atomic mass is 16.6. The molecule has 0 aliphatic rings. The zero-order chi connectivity index (χ0) is 13.0. The molecule has 0 aliphatic heterocycles. The molecule has 2 rings (SSSR count). The average molecular weight is 241 g/mol. The van der Waals surface area contributed by atoms with Crippen LogP contribution in [0.2, 0.25) is 0 Å². The molecule has 0 radical (unpaired) electrons. The molecule has 2 aromatic rings. The summed E-state index contributed by atoms with van der Waals surface area (Å²) in [4.78, 5) is 13.5. The van der Waals surface area contributed by atoms with Crippen molar-refractivity contribution in [2.75, 3.05) is 0 Å². The van der Waals surface area contributed by atoms with Crippen molar-refractivity contribution < 1.29 is 4.92 Å². The van der Waals surface area contributed by atoms with Crippen molar-refractivity contribution in [1.82, 2.24) is 4.91 Å². The number of nitrogens with zero attached hydrogens (tertiary/aromatic N) is 3. The van der Waals surface area contributed by atoms with Crippen LogP contribution in [0, 0.1) is 15.6 Å². The van der Waals surface area contributed by atoms with Crippen LogP contribution in [0.4, 0.5) is 11.4 Å². The molecule has 18 heavy (non-hydrogen) atoms. The highest BCUT2D eigenvalue weighted by Gasteiger charge is 2.17. The molecule has 6 heteroatoms. The summed E-state index contributed by atoms with van der Waals surface area (Å²) in [6.45, 7) is 0. The number of para-hydroxylation sites is 1. The molecule has 1 N–H and O–H groups in total. The highest BCUT2D eigenvalue weighted by molar-refractivity contribution is 5.81. The second-order valence-electron chi connectivity index (χ2n) is 3.49. The molecule has 0 amide bonds. The van der Waals surface area contributed by atoms with E-state index in [0.29, 0.717) is 16.8 Å². The fourth-order valence-electron chi connectivity index (χ4n) is 1.70. The van der Waals surface area contributed by atoms with Crippen LogP contribution in [0.5, 0.6) is 0 Å². The van der Waals surface area contributed by atoms with Crippen molar-refractivity contribution >= 4 is 11.4 Å². The van der Waals surface area contributed by atoms with Crippen molar-refractivity contribution in [3.05, 3.63) is 58.6 Å². The summed E-state index contributed by atoms with van der Waals surface area (Å²) >= 11 is 0. The molecule has 0 saturated heterocycles. The molecule has 0 heterocycles. The third kappa shape index (κ3) is 2.14. The normalized spacial score (nSPS) is 9.56. The Labute approximate surface area is 102 Å². The number of nitro groups is 1. The summed E-state index contributed by atoms with van der Waals surface area (Å²) in [6, 6.07) is 13.3. The molecular weight excluding hydrogens is 232 g/mol. The number of hydrogen-bond acceptors (Lipinski definition) is 4. The molecule has 2 aromatic carbocycles.